The van der Waals surface area contributed by atoms with Crippen molar-refractivity contribution in [1.82, 2.24) is 14.9 Å². The summed E-state index contributed by atoms with van der Waals surface area (Å²) in [4.78, 5) is 8.64. The molecule has 1 N–H and O–H groups in total. The standard InChI is InChI=1S/C17H20N6OS/c1-14(15-6-3-5-9-23(15)24)19-20-17(25)22-12-10-21(11-13-22)16-7-2-4-8-18-16/h2-9,24H,10-13H2,1H3. The molecular weight excluding hydrogens is 336 g/mol. The maximum absolute atomic E-state index is 9.77. The maximum atomic E-state index is 9.77. The van der Waals surface area contributed by atoms with E-state index in [4.69, 9.17) is 12.2 Å². The summed E-state index contributed by atoms with van der Waals surface area (Å²) in [6.45, 7) is 5.01. The van der Waals surface area contributed by atoms with E-state index in [1.54, 1.807) is 31.5 Å². The Balaban J connectivity index is 1.57. The summed E-state index contributed by atoms with van der Waals surface area (Å²) >= 11 is 5.38. The Hall–Kier alpha value is -2.58. The lowest BCUT2D eigenvalue weighted by atomic mass is 10.2. The number of allylic oxidation sites excluding steroid dienone is 4. The van der Waals surface area contributed by atoms with Gasteiger partial charge in [-0.25, -0.2) is 10.0 Å². The number of rotatable bonds is 2. The SMILES string of the molecule is CC(N=NC(=S)N1CCN(c2ccccn2)CC1)=C1C=CC=CN1O. The van der Waals surface area contributed by atoms with Crippen LogP contribution in [0.3, 0.4) is 0 Å². The van der Waals surface area contributed by atoms with Crippen molar-refractivity contribution in [1.29, 1.82) is 0 Å². The number of azo groups is 1. The van der Waals surface area contributed by atoms with Gasteiger partial charge in [0.1, 0.15) is 5.82 Å². The van der Waals surface area contributed by atoms with Crippen LogP contribution in [0.25, 0.3) is 0 Å². The molecule has 130 valence electrons. The predicted molar refractivity (Wildman–Crippen MR) is 100 cm³/mol. The first kappa shape index (κ1) is 17.2. The molecule has 0 bridgehead atoms. The zero-order valence-corrected chi connectivity index (χ0v) is 14.8. The fourth-order valence-corrected chi connectivity index (χ4v) is 2.84. The molecule has 3 rings (SSSR count). The molecule has 0 amide bonds. The van der Waals surface area contributed by atoms with E-state index in [9.17, 15) is 5.21 Å². The minimum absolute atomic E-state index is 0.459. The third-order valence-electron chi connectivity index (χ3n) is 4.02. The van der Waals surface area contributed by atoms with Crippen LogP contribution in [0, 0.1) is 0 Å². The average molecular weight is 356 g/mol. The fourth-order valence-electron chi connectivity index (χ4n) is 2.62. The molecule has 25 heavy (non-hydrogen) atoms. The van der Waals surface area contributed by atoms with E-state index in [0.717, 1.165) is 37.1 Å². The van der Waals surface area contributed by atoms with Crippen LogP contribution in [0.15, 0.2) is 70.4 Å². The summed E-state index contributed by atoms with van der Waals surface area (Å²) in [6, 6.07) is 5.91. The number of hydroxylamine groups is 2. The highest BCUT2D eigenvalue weighted by atomic mass is 32.1. The minimum Gasteiger partial charge on any atom is -0.353 e. The molecule has 1 aromatic heterocycles. The van der Waals surface area contributed by atoms with Crippen molar-refractivity contribution in [2.45, 2.75) is 6.92 Å². The lowest BCUT2D eigenvalue weighted by molar-refractivity contribution is -0.00149. The molecule has 0 aliphatic carbocycles. The van der Waals surface area contributed by atoms with Crippen molar-refractivity contribution in [3.05, 3.63) is 60.2 Å². The van der Waals surface area contributed by atoms with Gasteiger partial charge in [-0.05, 0) is 43.4 Å². The first-order valence-corrected chi connectivity index (χ1v) is 8.46. The monoisotopic (exact) mass is 356 g/mol. The molecule has 1 fully saturated rings. The first-order chi connectivity index (χ1) is 12.1. The summed E-state index contributed by atoms with van der Waals surface area (Å²) in [7, 11) is 0. The van der Waals surface area contributed by atoms with Crippen LogP contribution >= 0.6 is 12.2 Å². The molecule has 0 unspecified atom stereocenters. The Bertz CT molecular complexity index is 735. The number of aromatic nitrogens is 1. The van der Waals surface area contributed by atoms with Crippen LogP contribution in [0.2, 0.25) is 0 Å². The zero-order chi connectivity index (χ0) is 17.6. The van der Waals surface area contributed by atoms with Crippen molar-refractivity contribution in [3.8, 4) is 0 Å². The van der Waals surface area contributed by atoms with E-state index < -0.39 is 0 Å². The Morgan fingerprint density at radius 2 is 1.96 bits per heavy atom. The Morgan fingerprint density at radius 3 is 2.64 bits per heavy atom. The van der Waals surface area contributed by atoms with E-state index in [0.29, 0.717) is 16.5 Å². The second-order valence-electron chi connectivity index (χ2n) is 5.66. The van der Waals surface area contributed by atoms with Gasteiger partial charge >= 0.3 is 0 Å². The largest absolute Gasteiger partial charge is 0.353 e. The minimum atomic E-state index is 0.459. The van der Waals surface area contributed by atoms with Gasteiger partial charge in [0.15, 0.2) is 0 Å². The van der Waals surface area contributed by atoms with Gasteiger partial charge in [0, 0.05) is 38.6 Å². The van der Waals surface area contributed by atoms with Crippen molar-refractivity contribution >= 4 is 23.1 Å². The molecule has 1 saturated heterocycles. The third kappa shape index (κ3) is 4.28. The fraction of sp³-hybridized carbons (Fsp3) is 0.294. The van der Waals surface area contributed by atoms with Crippen molar-refractivity contribution < 1.29 is 5.21 Å². The van der Waals surface area contributed by atoms with Gasteiger partial charge in [-0.2, -0.15) is 5.11 Å². The molecule has 2 aliphatic heterocycles. The Kier molecular flexibility index (Phi) is 5.52. The summed E-state index contributed by atoms with van der Waals surface area (Å²) in [5.74, 6) is 0.982. The van der Waals surface area contributed by atoms with Crippen LogP contribution in [-0.2, 0) is 0 Å². The summed E-state index contributed by atoms with van der Waals surface area (Å²) < 4.78 is 0. The molecular formula is C17H20N6OS. The van der Waals surface area contributed by atoms with E-state index in [1.165, 1.54) is 0 Å². The first-order valence-electron chi connectivity index (χ1n) is 8.05. The van der Waals surface area contributed by atoms with E-state index in [1.807, 2.05) is 29.2 Å². The van der Waals surface area contributed by atoms with E-state index in [2.05, 4.69) is 20.1 Å². The lowest BCUT2D eigenvalue weighted by Crippen LogP contribution is -2.48. The topological polar surface area (TPSA) is 67.6 Å². The molecule has 0 radical (unpaired) electrons. The second-order valence-corrected chi connectivity index (χ2v) is 6.03. The summed E-state index contributed by atoms with van der Waals surface area (Å²) in [5, 5.41) is 19.6. The van der Waals surface area contributed by atoms with Gasteiger partial charge in [0.2, 0.25) is 5.11 Å². The Labute approximate surface area is 152 Å². The van der Waals surface area contributed by atoms with E-state index in [-0.39, 0.29) is 0 Å². The summed E-state index contributed by atoms with van der Waals surface area (Å²) in [6.07, 6.45) is 8.68. The van der Waals surface area contributed by atoms with Gasteiger partial charge in [0.25, 0.3) is 0 Å². The molecule has 2 aliphatic rings. The van der Waals surface area contributed by atoms with Crippen molar-refractivity contribution in [2.24, 2.45) is 10.2 Å². The van der Waals surface area contributed by atoms with Gasteiger partial charge in [-0.3, -0.25) is 5.21 Å². The number of anilines is 1. The molecule has 0 saturated carbocycles. The smallest absolute Gasteiger partial charge is 0.216 e. The highest BCUT2D eigenvalue weighted by Crippen LogP contribution is 2.17. The Morgan fingerprint density at radius 1 is 1.16 bits per heavy atom. The number of piperazine rings is 1. The van der Waals surface area contributed by atoms with Gasteiger partial charge in [-0.15, -0.1) is 5.11 Å². The van der Waals surface area contributed by atoms with Gasteiger partial charge < -0.3 is 9.80 Å². The molecule has 7 nitrogen and oxygen atoms in total. The maximum Gasteiger partial charge on any atom is 0.216 e. The quantitative estimate of drug-likeness (QED) is 0.649. The number of nitrogens with zero attached hydrogens (tertiary/aromatic N) is 6. The zero-order valence-electron chi connectivity index (χ0n) is 14.0. The highest BCUT2D eigenvalue weighted by molar-refractivity contribution is 7.80. The summed E-state index contributed by atoms with van der Waals surface area (Å²) in [5.41, 5.74) is 1.17. The van der Waals surface area contributed by atoms with Gasteiger partial charge in [-0.1, -0.05) is 12.1 Å². The molecule has 1 aromatic rings. The van der Waals surface area contributed by atoms with Crippen LogP contribution in [-0.4, -0.2) is 51.4 Å². The van der Waals surface area contributed by atoms with Crippen LogP contribution in [0.5, 0.6) is 0 Å². The van der Waals surface area contributed by atoms with Gasteiger partial charge in [0.05, 0.1) is 11.4 Å². The van der Waals surface area contributed by atoms with Crippen LogP contribution in [0.4, 0.5) is 5.82 Å². The molecule has 8 heteroatoms. The van der Waals surface area contributed by atoms with Crippen molar-refractivity contribution in [2.75, 3.05) is 31.1 Å². The molecule has 3 heterocycles. The molecule has 0 atom stereocenters. The second kappa shape index (κ2) is 8.00. The normalized spacial score (nSPS) is 19.7. The number of hydrogen-bond donors (Lipinski definition) is 1. The molecule has 0 aromatic carbocycles. The number of hydrogen-bond acceptors (Lipinski definition) is 6. The van der Waals surface area contributed by atoms with Crippen LogP contribution < -0.4 is 4.90 Å². The van der Waals surface area contributed by atoms with Crippen molar-refractivity contribution in [3.63, 3.8) is 0 Å². The van der Waals surface area contributed by atoms with E-state index >= 15 is 0 Å². The number of thiocarbonyl (C=S) groups is 1. The number of pyridine rings is 1. The lowest BCUT2D eigenvalue weighted by Gasteiger charge is -2.35. The average Bonchev–Trinajstić information content (AvgIpc) is 2.67. The highest BCUT2D eigenvalue weighted by Gasteiger charge is 2.19. The predicted octanol–water partition coefficient (Wildman–Crippen LogP) is 2.95. The van der Waals surface area contributed by atoms with Crippen LogP contribution in [0.1, 0.15) is 6.92 Å². The third-order valence-corrected chi connectivity index (χ3v) is 4.36. The molecule has 0 spiro atoms.